The van der Waals surface area contributed by atoms with Gasteiger partial charge < -0.3 is 29.7 Å². The molecule has 2 aliphatic heterocycles. The van der Waals surface area contributed by atoms with Crippen LogP contribution in [0.15, 0.2) is 0 Å². The van der Waals surface area contributed by atoms with Crippen LogP contribution in [0.3, 0.4) is 0 Å². The van der Waals surface area contributed by atoms with Crippen LogP contribution in [0.4, 0.5) is 0 Å². The molecule has 0 spiro atoms. The topological polar surface area (TPSA) is 134 Å². The molecule has 0 bridgehead atoms. The quantitative estimate of drug-likeness (QED) is 0.342. The highest BCUT2D eigenvalue weighted by molar-refractivity contribution is 6.39. The Balaban J connectivity index is 1.58. The first-order valence-corrected chi connectivity index (χ1v) is 13.3. The van der Waals surface area contributed by atoms with Crippen molar-refractivity contribution in [3.8, 4) is 0 Å². The molecule has 9 atom stereocenters. The van der Waals surface area contributed by atoms with E-state index in [0.29, 0.717) is 38.5 Å². The second kappa shape index (κ2) is 11.7. The van der Waals surface area contributed by atoms with Crippen molar-refractivity contribution in [2.24, 2.45) is 17.8 Å². The lowest BCUT2D eigenvalue weighted by atomic mass is 9.79. The van der Waals surface area contributed by atoms with Crippen molar-refractivity contribution in [2.45, 2.75) is 122 Å². The van der Waals surface area contributed by atoms with Gasteiger partial charge in [0.05, 0.1) is 18.3 Å². The first kappa shape index (κ1) is 28.0. The second-order valence-electron chi connectivity index (χ2n) is 11.0. The number of likely N-dealkylation sites (tertiary alicyclic amines) is 1. The zero-order chi connectivity index (χ0) is 25.9. The van der Waals surface area contributed by atoms with E-state index in [1.54, 1.807) is 6.92 Å². The molecule has 2 saturated heterocycles. The molecule has 3 rings (SSSR count). The van der Waals surface area contributed by atoms with Crippen molar-refractivity contribution >= 4 is 17.7 Å². The Bertz CT molecular complexity index is 774. The molecule has 0 aromatic rings. The molecule has 1 unspecified atom stereocenters. The molecule has 9 heteroatoms. The van der Waals surface area contributed by atoms with Crippen LogP contribution in [-0.2, 0) is 23.9 Å². The number of rotatable bonds is 8. The average Bonchev–Trinajstić information content (AvgIpc) is 3.32. The molecule has 1 amide bonds. The van der Waals surface area contributed by atoms with E-state index < -0.39 is 53.7 Å². The third kappa shape index (κ3) is 6.24. The highest BCUT2D eigenvalue weighted by Crippen LogP contribution is 2.35. The number of carbonyl (C=O) groups excluding carboxylic acids is 3. The lowest BCUT2D eigenvalue weighted by molar-refractivity contribution is -0.262. The third-order valence-electron chi connectivity index (χ3n) is 8.39. The van der Waals surface area contributed by atoms with Gasteiger partial charge in [-0.1, -0.05) is 20.8 Å². The number of carbonyl (C=O) groups is 3. The van der Waals surface area contributed by atoms with Gasteiger partial charge in [0.2, 0.25) is 5.79 Å². The second-order valence-corrected chi connectivity index (χ2v) is 11.0. The largest absolute Gasteiger partial charge is 0.461 e. The maximum absolute atomic E-state index is 13.1. The molecule has 2 heterocycles. The lowest BCUT2D eigenvalue weighted by Crippen LogP contribution is -2.59. The molecular weight excluding hydrogens is 454 g/mol. The number of Topliss-reactive ketones (excluding diaryl/α,β-unsaturated/α-hetero) is 1. The number of aliphatic hydroxyl groups excluding tert-OH is 2. The Morgan fingerprint density at radius 2 is 1.80 bits per heavy atom. The Morgan fingerprint density at radius 1 is 1.09 bits per heavy atom. The Hall–Kier alpha value is -1.55. The molecule has 0 aromatic heterocycles. The van der Waals surface area contributed by atoms with Crippen LogP contribution in [0.1, 0.15) is 85.5 Å². The summed E-state index contributed by atoms with van der Waals surface area (Å²) < 4.78 is 11.4. The molecule has 3 aliphatic rings. The number of hydrogen-bond acceptors (Lipinski definition) is 8. The standard InChI is InChI=1S/C26H43NO8/c1-5-19-10-8-16(3)26(33,35-19)23(30)24(31)27-12-6-7-20(27)25(32)34-17(4)15(2)13-18-9-11-21(28)22(29)14-18/h15-22,28-29,33H,5-14H2,1-4H3/t15-,16-,17+,18+,19?,20+,21-,22-,26-/m1/s1. The first-order valence-electron chi connectivity index (χ1n) is 13.3. The van der Waals surface area contributed by atoms with Gasteiger partial charge in [0.25, 0.3) is 11.7 Å². The molecule has 9 nitrogen and oxygen atoms in total. The van der Waals surface area contributed by atoms with Crippen LogP contribution >= 0.6 is 0 Å². The number of nitrogens with zero attached hydrogens (tertiary/aromatic N) is 1. The van der Waals surface area contributed by atoms with Crippen LogP contribution in [0, 0.1) is 17.8 Å². The van der Waals surface area contributed by atoms with Crippen LogP contribution in [-0.4, -0.2) is 80.7 Å². The van der Waals surface area contributed by atoms with Crippen LogP contribution in [0.5, 0.6) is 0 Å². The molecule has 1 saturated carbocycles. The van der Waals surface area contributed by atoms with Crippen molar-refractivity contribution in [3.05, 3.63) is 0 Å². The molecule has 3 fully saturated rings. The summed E-state index contributed by atoms with van der Waals surface area (Å²) in [6, 6.07) is -0.864. The fraction of sp³-hybridized carbons (Fsp3) is 0.885. The molecule has 35 heavy (non-hydrogen) atoms. The minimum absolute atomic E-state index is 0.0294. The van der Waals surface area contributed by atoms with E-state index in [-0.39, 0.29) is 24.5 Å². The fourth-order valence-corrected chi connectivity index (χ4v) is 5.69. The van der Waals surface area contributed by atoms with Gasteiger partial charge in [-0.3, -0.25) is 9.59 Å². The number of aliphatic hydroxyl groups is 3. The zero-order valence-electron chi connectivity index (χ0n) is 21.5. The fourth-order valence-electron chi connectivity index (χ4n) is 5.69. The average molecular weight is 498 g/mol. The van der Waals surface area contributed by atoms with E-state index in [0.717, 1.165) is 19.3 Å². The summed E-state index contributed by atoms with van der Waals surface area (Å²) in [6.07, 6.45) is 3.48. The van der Waals surface area contributed by atoms with Gasteiger partial charge in [-0.05, 0) is 76.5 Å². The third-order valence-corrected chi connectivity index (χ3v) is 8.39. The maximum atomic E-state index is 13.1. The molecule has 200 valence electrons. The lowest BCUT2D eigenvalue weighted by Gasteiger charge is -2.40. The van der Waals surface area contributed by atoms with Crippen molar-refractivity contribution < 1.29 is 39.2 Å². The van der Waals surface area contributed by atoms with Crippen LogP contribution < -0.4 is 0 Å². The van der Waals surface area contributed by atoms with Gasteiger partial charge in [-0.2, -0.15) is 0 Å². The Kier molecular flexibility index (Phi) is 9.34. The summed E-state index contributed by atoms with van der Waals surface area (Å²) in [7, 11) is 0. The maximum Gasteiger partial charge on any atom is 0.329 e. The number of amides is 1. The van der Waals surface area contributed by atoms with E-state index in [2.05, 4.69) is 0 Å². The van der Waals surface area contributed by atoms with E-state index in [9.17, 15) is 29.7 Å². The van der Waals surface area contributed by atoms with Gasteiger partial charge in [0.1, 0.15) is 12.1 Å². The summed E-state index contributed by atoms with van der Waals surface area (Å²) in [6.45, 7) is 7.65. The number of esters is 1. The number of hydrogen-bond donors (Lipinski definition) is 3. The SMILES string of the molecule is CCC1CC[C@@H](C)[C@](O)(C(=O)C(=O)N2CCC[C@H]2C(=O)O[C@@H](C)[C@H](C)C[C@@H]2CC[C@@H](O)[C@H](O)C2)O1. The van der Waals surface area contributed by atoms with E-state index in [1.165, 1.54) is 4.90 Å². The summed E-state index contributed by atoms with van der Waals surface area (Å²) in [5, 5.41) is 30.7. The number of ketones is 1. The number of ether oxygens (including phenoxy) is 2. The highest BCUT2D eigenvalue weighted by Gasteiger charge is 2.52. The van der Waals surface area contributed by atoms with Gasteiger partial charge in [-0.25, -0.2) is 4.79 Å². The summed E-state index contributed by atoms with van der Waals surface area (Å²) in [4.78, 5) is 40.5. The van der Waals surface area contributed by atoms with E-state index in [1.807, 2.05) is 20.8 Å². The Labute approximate surface area is 208 Å². The Morgan fingerprint density at radius 3 is 2.46 bits per heavy atom. The predicted octanol–water partition coefficient (Wildman–Crippen LogP) is 1.94. The van der Waals surface area contributed by atoms with Gasteiger partial charge in [0.15, 0.2) is 0 Å². The molecule has 0 radical (unpaired) electrons. The molecule has 3 N–H and O–H groups in total. The van der Waals surface area contributed by atoms with Gasteiger partial charge >= 0.3 is 5.97 Å². The van der Waals surface area contributed by atoms with E-state index >= 15 is 0 Å². The van der Waals surface area contributed by atoms with Crippen molar-refractivity contribution in [2.75, 3.05) is 6.54 Å². The summed E-state index contributed by atoms with van der Waals surface area (Å²) in [5.74, 6) is -4.87. The van der Waals surface area contributed by atoms with E-state index in [4.69, 9.17) is 9.47 Å². The van der Waals surface area contributed by atoms with Crippen LogP contribution in [0.25, 0.3) is 0 Å². The van der Waals surface area contributed by atoms with Gasteiger partial charge in [-0.15, -0.1) is 0 Å². The van der Waals surface area contributed by atoms with Gasteiger partial charge in [0, 0.05) is 12.5 Å². The van der Waals surface area contributed by atoms with Crippen molar-refractivity contribution in [1.82, 2.24) is 4.90 Å². The molecular formula is C26H43NO8. The first-order chi connectivity index (χ1) is 16.5. The normalized spacial score (nSPS) is 37.5. The molecule has 0 aromatic carbocycles. The zero-order valence-corrected chi connectivity index (χ0v) is 21.5. The monoisotopic (exact) mass is 497 g/mol. The summed E-state index contributed by atoms with van der Waals surface area (Å²) >= 11 is 0. The highest BCUT2D eigenvalue weighted by atomic mass is 16.6. The molecule has 1 aliphatic carbocycles. The smallest absolute Gasteiger partial charge is 0.329 e. The minimum Gasteiger partial charge on any atom is -0.461 e. The minimum atomic E-state index is -2.17. The van der Waals surface area contributed by atoms with Crippen molar-refractivity contribution in [1.29, 1.82) is 0 Å². The van der Waals surface area contributed by atoms with Crippen molar-refractivity contribution in [3.63, 3.8) is 0 Å². The predicted molar refractivity (Wildman–Crippen MR) is 127 cm³/mol. The summed E-state index contributed by atoms with van der Waals surface area (Å²) in [5.41, 5.74) is 0. The van der Waals surface area contributed by atoms with Crippen LogP contribution in [0.2, 0.25) is 0 Å².